The highest BCUT2D eigenvalue weighted by atomic mass is 35.5. The van der Waals surface area contributed by atoms with Crippen molar-refractivity contribution >= 4 is 11.6 Å². The fourth-order valence-electron chi connectivity index (χ4n) is 1.29. The normalized spacial score (nSPS) is 13.9. The fraction of sp³-hybridized carbons (Fsp3) is 0.400. The average molecular weight is 272 g/mol. The highest BCUT2D eigenvalue weighted by Gasteiger charge is 2.48. The number of methoxy groups -OCH3 is 1. The lowest BCUT2D eigenvalue weighted by molar-refractivity contribution is -0.144. The Labute approximate surface area is 100 Å². The zero-order chi connectivity index (χ0) is 13.2. The van der Waals surface area contributed by atoms with Gasteiger partial charge in [-0.05, 0) is 18.2 Å². The molecule has 2 nitrogen and oxygen atoms in total. The lowest BCUT2D eigenvalue weighted by Crippen LogP contribution is -2.39. The molecule has 7 heteroatoms. The van der Waals surface area contributed by atoms with Crippen molar-refractivity contribution in [3.63, 3.8) is 0 Å². The molecule has 2 N–H and O–H groups in total. The van der Waals surface area contributed by atoms with E-state index in [1.165, 1.54) is 19.2 Å². The minimum atomic E-state index is -4.35. The van der Waals surface area contributed by atoms with Gasteiger partial charge >= 0.3 is 12.3 Å². The van der Waals surface area contributed by atoms with Crippen LogP contribution in [0.4, 0.5) is 17.6 Å². The second-order valence-electron chi connectivity index (χ2n) is 3.34. The van der Waals surface area contributed by atoms with Crippen LogP contribution in [0.5, 0.6) is 5.75 Å². The molecule has 0 radical (unpaired) electrons. The number of alkyl halides is 4. The molecule has 0 saturated carbocycles. The topological polar surface area (TPSA) is 35.2 Å². The van der Waals surface area contributed by atoms with Gasteiger partial charge in [0.05, 0.1) is 7.11 Å². The molecule has 96 valence electrons. The van der Waals surface area contributed by atoms with Crippen molar-refractivity contribution in [2.75, 3.05) is 7.11 Å². The molecule has 1 unspecified atom stereocenters. The number of hydrogen-bond donors (Lipinski definition) is 1. The van der Waals surface area contributed by atoms with E-state index in [2.05, 4.69) is 0 Å². The lowest BCUT2D eigenvalue weighted by atomic mass is 10.0. The van der Waals surface area contributed by atoms with Crippen LogP contribution in [-0.4, -0.2) is 19.5 Å². The standard InChI is InChI=1S/C10H10ClF4NO/c1-17-7-3-2-5(11)4-6(7)8(16)10(14,15)9(12)13/h2-4,8-9H,16H2,1H3. The van der Waals surface area contributed by atoms with Crippen LogP contribution in [0.25, 0.3) is 0 Å². The van der Waals surface area contributed by atoms with Gasteiger partial charge in [0.1, 0.15) is 11.8 Å². The van der Waals surface area contributed by atoms with E-state index in [-0.39, 0.29) is 16.3 Å². The van der Waals surface area contributed by atoms with Crippen molar-refractivity contribution in [3.05, 3.63) is 28.8 Å². The number of hydrogen-bond acceptors (Lipinski definition) is 2. The van der Waals surface area contributed by atoms with E-state index in [1.807, 2.05) is 0 Å². The van der Waals surface area contributed by atoms with E-state index in [1.54, 1.807) is 0 Å². The van der Waals surface area contributed by atoms with Crippen LogP contribution in [0.2, 0.25) is 5.02 Å². The Balaban J connectivity index is 3.19. The summed E-state index contributed by atoms with van der Waals surface area (Å²) in [6.07, 6.45) is -3.86. The Kier molecular flexibility index (Phi) is 4.21. The second kappa shape index (κ2) is 5.10. The van der Waals surface area contributed by atoms with Crippen molar-refractivity contribution in [3.8, 4) is 5.75 Å². The molecule has 0 spiro atoms. The minimum Gasteiger partial charge on any atom is -0.496 e. The second-order valence-corrected chi connectivity index (χ2v) is 3.78. The van der Waals surface area contributed by atoms with Gasteiger partial charge in [0.2, 0.25) is 0 Å². The zero-order valence-corrected chi connectivity index (χ0v) is 9.52. The van der Waals surface area contributed by atoms with Gasteiger partial charge < -0.3 is 10.5 Å². The predicted octanol–water partition coefficient (Wildman–Crippen LogP) is 3.25. The van der Waals surface area contributed by atoms with Crippen LogP contribution in [0.1, 0.15) is 11.6 Å². The van der Waals surface area contributed by atoms with Crippen molar-refractivity contribution in [2.45, 2.75) is 18.4 Å². The molecule has 0 fully saturated rings. The van der Waals surface area contributed by atoms with Crippen LogP contribution in [0, 0.1) is 0 Å². The van der Waals surface area contributed by atoms with Crippen LogP contribution in [0.15, 0.2) is 18.2 Å². The van der Waals surface area contributed by atoms with Crippen molar-refractivity contribution in [1.29, 1.82) is 0 Å². The van der Waals surface area contributed by atoms with Crippen molar-refractivity contribution in [1.82, 2.24) is 0 Å². The summed E-state index contributed by atoms with van der Waals surface area (Å²) in [5.74, 6) is -4.36. The third kappa shape index (κ3) is 2.81. The molecule has 1 aromatic rings. The number of benzene rings is 1. The zero-order valence-electron chi connectivity index (χ0n) is 8.76. The largest absolute Gasteiger partial charge is 0.496 e. The maximum absolute atomic E-state index is 13.1. The molecular formula is C10H10ClF4NO. The van der Waals surface area contributed by atoms with Gasteiger partial charge in [-0.15, -0.1) is 0 Å². The SMILES string of the molecule is COc1ccc(Cl)cc1C(N)C(F)(F)C(F)F. The highest BCUT2D eigenvalue weighted by molar-refractivity contribution is 6.30. The molecule has 0 aromatic heterocycles. The fourth-order valence-corrected chi connectivity index (χ4v) is 1.47. The van der Waals surface area contributed by atoms with E-state index in [0.717, 1.165) is 6.07 Å². The third-order valence-electron chi connectivity index (χ3n) is 2.23. The summed E-state index contributed by atoms with van der Waals surface area (Å²) >= 11 is 5.60. The van der Waals surface area contributed by atoms with Crippen LogP contribution in [-0.2, 0) is 0 Å². The van der Waals surface area contributed by atoms with Gasteiger partial charge in [-0.2, -0.15) is 8.78 Å². The minimum absolute atomic E-state index is 0.0118. The maximum atomic E-state index is 13.1. The summed E-state index contributed by atoms with van der Waals surface area (Å²) in [4.78, 5) is 0. The number of rotatable bonds is 4. The first-order valence-electron chi connectivity index (χ1n) is 4.55. The summed E-state index contributed by atoms with van der Waals surface area (Å²) < 4.78 is 55.3. The Bertz CT molecular complexity index is 400. The summed E-state index contributed by atoms with van der Waals surface area (Å²) in [7, 11) is 1.22. The van der Waals surface area contributed by atoms with Gasteiger partial charge in [0, 0.05) is 10.6 Å². The Morgan fingerprint density at radius 2 is 1.94 bits per heavy atom. The Morgan fingerprint density at radius 3 is 2.41 bits per heavy atom. The van der Waals surface area contributed by atoms with Crippen LogP contribution < -0.4 is 10.5 Å². The third-order valence-corrected chi connectivity index (χ3v) is 2.47. The molecule has 0 heterocycles. The number of ether oxygens (including phenoxy) is 1. The van der Waals surface area contributed by atoms with Gasteiger partial charge in [-0.25, -0.2) is 8.78 Å². The van der Waals surface area contributed by atoms with Crippen LogP contribution >= 0.6 is 11.6 Å². The molecule has 0 aliphatic carbocycles. The molecule has 1 rings (SSSR count). The summed E-state index contributed by atoms with van der Waals surface area (Å²) in [5.41, 5.74) is 4.89. The van der Waals surface area contributed by atoms with Crippen molar-refractivity contribution in [2.24, 2.45) is 5.73 Å². The van der Waals surface area contributed by atoms with E-state index in [9.17, 15) is 17.6 Å². The number of nitrogens with two attached hydrogens (primary N) is 1. The Hall–Kier alpha value is -1.01. The first-order valence-corrected chi connectivity index (χ1v) is 4.93. The molecule has 1 aromatic carbocycles. The van der Waals surface area contributed by atoms with E-state index >= 15 is 0 Å². The molecule has 0 saturated heterocycles. The van der Waals surface area contributed by atoms with E-state index in [4.69, 9.17) is 22.1 Å². The number of halogens is 5. The summed E-state index contributed by atoms with van der Waals surface area (Å²) in [5, 5.41) is 0.112. The molecule has 0 bridgehead atoms. The first-order chi connectivity index (χ1) is 7.80. The summed E-state index contributed by atoms with van der Waals surface area (Å²) in [6, 6.07) is 1.58. The van der Waals surface area contributed by atoms with Crippen LogP contribution in [0.3, 0.4) is 0 Å². The average Bonchev–Trinajstić information content (AvgIpc) is 2.27. The van der Waals surface area contributed by atoms with Crippen molar-refractivity contribution < 1.29 is 22.3 Å². The molecular weight excluding hydrogens is 262 g/mol. The maximum Gasteiger partial charge on any atom is 0.326 e. The smallest absolute Gasteiger partial charge is 0.326 e. The summed E-state index contributed by atoms with van der Waals surface area (Å²) in [6.45, 7) is 0. The predicted molar refractivity (Wildman–Crippen MR) is 55.9 cm³/mol. The first kappa shape index (κ1) is 14.1. The van der Waals surface area contributed by atoms with Gasteiger partial charge in [0.15, 0.2) is 0 Å². The van der Waals surface area contributed by atoms with Gasteiger partial charge in [0.25, 0.3) is 0 Å². The Morgan fingerprint density at radius 1 is 1.35 bits per heavy atom. The molecule has 0 aliphatic heterocycles. The monoisotopic (exact) mass is 271 g/mol. The van der Waals surface area contributed by atoms with Gasteiger partial charge in [-0.3, -0.25) is 0 Å². The molecule has 1 atom stereocenters. The van der Waals surface area contributed by atoms with Gasteiger partial charge in [-0.1, -0.05) is 11.6 Å². The molecule has 0 aliphatic rings. The highest BCUT2D eigenvalue weighted by Crippen LogP contribution is 2.39. The molecule has 0 amide bonds. The quantitative estimate of drug-likeness (QED) is 0.853. The lowest BCUT2D eigenvalue weighted by Gasteiger charge is -2.24. The molecule has 17 heavy (non-hydrogen) atoms. The van der Waals surface area contributed by atoms with E-state index in [0.29, 0.717) is 0 Å². The van der Waals surface area contributed by atoms with E-state index < -0.39 is 18.4 Å².